The summed E-state index contributed by atoms with van der Waals surface area (Å²) in [6.45, 7) is 4.44. The van der Waals surface area contributed by atoms with Crippen LogP contribution in [0.1, 0.15) is 31.4 Å². The Morgan fingerprint density at radius 2 is 1.80 bits per heavy atom. The minimum atomic E-state index is 0.476. The summed E-state index contributed by atoms with van der Waals surface area (Å²) in [7, 11) is 0. The van der Waals surface area contributed by atoms with Gasteiger partial charge in [-0.05, 0) is 48.6 Å². The second kappa shape index (κ2) is 7.49. The lowest BCUT2D eigenvalue weighted by molar-refractivity contribution is 0.689. The third-order valence-electron chi connectivity index (χ3n) is 3.63. The van der Waals surface area contributed by atoms with Crippen LogP contribution in [0, 0.1) is 0 Å². The molecule has 0 heterocycles. The van der Waals surface area contributed by atoms with E-state index in [-0.39, 0.29) is 0 Å². The van der Waals surface area contributed by atoms with Gasteiger partial charge in [0, 0.05) is 16.2 Å². The topological polar surface area (TPSA) is 12.0 Å². The van der Waals surface area contributed by atoms with Crippen LogP contribution in [-0.2, 0) is 12.8 Å². The number of aryl methyl sites for hydroxylation is 1. The molecule has 0 saturated carbocycles. The van der Waals surface area contributed by atoms with E-state index in [2.05, 4.69) is 83.6 Å². The SMILES string of the molecule is CCc1cc(Br)ccc1NC(CC)Cc1ccccc1. The highest BCUT2D eigenvalue weighted by Gasteiger charge is 2.09. The van der Waals surface area contributed by atoms with Crippen LogP contribution < -0.4 is 5.32 Å². The molecule has 1 nitrogen and oxygen atoms in total. The number of hydrogen-bond acceptors (Lipinski definition) is 1. The highest BCUT2D eigenvalue weighted by molar-refractivity contribution is 9.10. The number of benzene rings is 2. The molecular formula is C18H22BrN. The zero-order chi connectivity index (χ0) is 14.4. The van der Waals surface area contributed by atoms with Crippen LogP contribution in [0.5, 0.6) is 0 Å². The first-order valence-corrected chi connectivity index (χ1v) is 8.11. The van der Waals surface area contributed by atoms with Crippen molar-refractivity contribution in [2.75, 3.05) is 5.32 Å². The molecule has 1 unspecified atom stereocenters. The van der Waals surface area contributed by atoms with Gasteiger partial charge in [0.1, 0.15) is 0 Å². The Morgan fingerprint density at radius 1 is 1.05 bits per heavy atom. The van der Waals surface area contributed by atoms with Crippen molar-refractivity contribution in [3.05, 3.63) is 64.1 Å². The van der Waals surface area contributed by atoms with Gasteiger partial charge in [-0.15, -0.1) is 0 Å². The molecule has 0 bridgehead atoms. The molecule has 1 N–H and O–H groups in total. The fourth-order valence-electron chi connectivity index (χ4n) is 2.41. The van der Waals surface area contributed by atoms with E-state index in [0.29, 0.717) is 6.04 Å². The summed E-state index contributed by atoms with van der Waals surface area (Å²) in [5, 5.41) is 3.70. The van der Waals surface area contributed by atoms with Crippen LogP contribution >= 0.6 is 15.9 Å². The average molecular weight is 332 g/mol. The summed E-state index contributed by atoms with van der Waals surface area (Å²) in [4.78, 5) is 0. The lowest BCUT2D eigenvalue weighted by Crippen LogP contribution is -2.22. The van der Waals surface area contributed by atoms with Gasteiger partial charge in [0.2, 0.25) is 0 Å². The maximum absolute atomic E-state index is 3.70. The van der Waals surface area contributed by atoms with Crippen LogP contribution in [0.2, 0.25) is 0 Å². The lowest BCUT2D eigenvalue weighted by atomic mass is 10.0. The minimum Gasteiger partial charge on any atom is -0.382 e. The molecule has 0 aliphatic carbocycles. The molecule has 0 saturated heterocycles. The molecule has 0 fully saturated rings. The first-order chi connectivity index (χ1) is 9.72. The van der Waals surface area contributed by atoms with Gasteiger partial charge in [-0.2, -0.15) is 0 Å². The van der Waals surface area contributed by atoms with E-state index in [1.54, 1.807) is 0 Å². The number of rotatable bonds is 6. The van der Waals surface area contributed by atoms with E-state index >= 15 is 0 Å². The summed E-state index contributed by atoms with van der Waals surface area (Å²) in [6, 6.07) is 17.7. The molecule has 20 heavy (non-hydrogen) atoms. The van der Waals surface area contributed by atoms with Crippen molar-refractivity contribution in [3.8, 4) is 0 Å². The largest absolute Gasteiger partial charge is 0.382 e. The maximum atomic E-state index is 3.70. The fraction of sp³-hybridized carbons (Fsp3) is 0.333. The van der Waals surface area contributed by atoms with Gasteiger partial charge in [0.05, 0.1) is 0 Å². The van der Waals surface area contributed by atoms with Crippen molar-refractivity contribution in [2.45, 2.75) is 39.2 Å². The van der Waals surface area contributed by atoms with Gasteiger partial charge in [0.25, 0.3) is 0 Å². The summed E-state index contributed by atoms with van der Waals surface area (Å²) in [5.41, 5.74) is 4.02. The molecule has 0 aliphatic rings. The minimum absolute atomic E-state index is 0.476. The molecule has 0 amide bonds. The Hall–Kier alpha value is -1.28. The van der Waals surface area contributed by atoms with Crippen LogP contribution in [0.15, 0.2) is 53.0 Å². The quantitative estimate of drug-likeness (QED) is 0.742. The highest BCUT2D eigenvalue weighted by Crippen LogP contribution is 2.23. The highest BCUT2D eigenvalue weighted by atomic mass is 79.9. The summed E-state index contributed by atoms with van der Waals surface area (Å²) < 4.78 is 1.15. The van der Waals surface area contributed by atoms with E-state index in [0.717, 1.165) is 23.7 Å². The molecule has 0 radical (unpaired) electrons. The summed E-state index contributed by atoms with van der Waals surface area (Å²) >= 11 is 3.55. The second-order valence-electron chi connectivity index (χ2n) is 5.09. The standard InChI is InChI=1S/C18H22BrN/c1-3-15-13-16(19)10-11-18(15)20-17(4-2)12-14-8-6-5-7-9-14/h5-11,13,17,20H,3-4,12H2,1-2H3. The zero-order valence-corrected chi connectivity index (χ0v) is 13.8. The molecular weight excluding hydrogens is 310 g/mol. The van der Waals surface area contributed by atoms with Gasteiger partial charge < -0.3 is 5.32 Å². The maximum Gasteiger partial charge on any atom is 0.0375 e. The van der Waals surface area contributed by atoms with E-state index in [1.165, 1.54) is 16.8 Å². The Balaban J connectivity index is 2.10. The molecule has 0 spiro atoms. The Kier molecular flexibility index (Phi) is 5.66. The number of nitrogens with one attached hydrogen (secondary N) is 1. The van der Waals surface area contributed by atoms with E-state index in [4.69, 9.17) is 0 Å². The zero-order valence-electron chi connectivity index (χ0n) is 12.2. The molecule has 0 aromatic heterocycles. The predicted octanol–water partition coefficient (Wildman–Crippen LogP) is 5.44. The van der Waals surface area contributed by atoms with Gasteiger partial charge >= 0.3 is 0 Å². The fourth-order valence-corrected chi connectivity index (χ4v) is 2.82. The van der Waals surface area contributed by atoms with Crippen LogP contribution in [-0.4, -0.2) is 6.04 Å². The Labute approximate surface area is 130 Å². The first-order valence-electron chi connectivity index (χ1n) is 7.31. The third kappa shape index (κ3) is 4.11. The lowest BCUT2D eigenvalue weighted by Gasteiger charge is -2.20. The van der Waals surface area contributed by atoms with Crippen LogP contribution in [0.4, 0.5) is 5.69 Å². The molecule has 2 rings (SSSR count). The van der Waals surface area contributed by atoms with Crippen LogP contribution in [0.25, 0.3) is 0 Å². The number of hydrogen-bond donors (Lipinski definition) is 1. The monoisotopic (exact) mass is 331 g/mol. The molecule has 2 aromatic rings. The van der Waals surface area contributed by atoms with E-state index < -0.39 is 0 Å². The average Bonchev–Trinajstić information content (AvgIpc) is 2.49. The van der Waals surface area contributed by atoms with Crippen molar-refractivity contribution in [1.29, 1.82) is 0 Å². The van der Waals surface area contributed by atoms with Crippen molar-refractivity contribution in [1.82, 2.24) is 0 Å². The van der Waals surface area contributed by atoms with Crippen molar-refractivity contribution in [3.63, 3.8) is 0 Å². The van der Waals surface area contributed by atoms with Crippen molar-refractivity contribution in [2.24, 2.45) is 0 Å². The number of anilines is 1. The third-order valence-corrected chi connectivity index (χ3v) is 4.12. The van der Waals surface area contributed by atoms with Crippen molar-refractivity contribution >= 4 is 21.6 Å². The van der Waals surface area contributed by atoms with Gasteiger partial charge in [-0.1, -0.05) is 60.1 Å². The number of halogens is 1. The van der Waals surface area contributed by atoms with Crippen LogP contribution in [0.3, 0.4) is 0 Å². The van der Waals surface area contributed by atoms with Gasteiger partial charge in [0.15, 0.2) is 0 Å². The van der Waals surface area contributed by atoms with Gasteiger partial charge in [-0.25, -0.2) is 0 Å². The normalized spacial score (nSPS) is 12.2. The summed E-state index contributed by atoms with van der Waals surface area (Å²) in [6.07, 6.45) is 3.23. The first kappa shape index (κ1) is 15.1. The van der Waals surface area contributed by atoms with E-state index in [9.17, 15) is 0 Å². The smallest absolute Gasteiger partial charge is 0.0375 e. The Bertz CT molecular complexity index is 536. The molecule has 1 atom stereocenters. The van der Waals surface area contributed by atoms with Crippen molar-refractivity contribution < 1.29 is 0 Å². The van der Waals surface area contributed by atoms with E-state index in [1.807, 2.05) is 0 Å². The summed E-state index contributed by atoms with van der Waals surface area (Å²) in [5.74, 6) is 0. The molecule has 106 valence electrons. The van der Waals surface area contributed by atoms with Gasteiger partial charge in [-0.3, -0.25) is 0 Å². The predicted molar refractivity (Wildman–Crippen MR) is 91.4 cm³/mol. The second-order valence-corrected chi connectivity index (χ2v) is 6.01. The Morgan fingerprint density at radius 3 is 2.45 bits per heavy atom. The molecule has 2 heteroatoms. The molecule has 2 aromatic carbocycles. The molecule has 0 aliphatic heterocycles.